The van der Waals surface area contributed by atoms with E-state index in [1.807, 2.05) is 6.07 Å². The molecule has 0 aliphatic rings. The van der Waals surface area contributed by atoms with Crippen molar-refractivity contribution in [2.24, 2.45) is 0 Å². The van der Waals surface area contributed by atoms with Gasteiger partial charge in [-0.15, -0.1) is 11.3 Å². The standard InChI is InChI=1S/C12H17BrOS/c1-2-3-4-5-6-10-7-8-12(15-10)11(14)9-13/h7-8H,2-6,9H2,1H3. The second-order valence-corrected chi connectivity index (χ2v) is 5.36. The Morgan fingerprint density at radius 2 is 2.13 bits per heavy atom. The van der Waals surface area contributed by atoms with E-state index in [-0.39, 0.29) is 5.78 Å². The van der Waals surface area contributed by atoms with E-state index in [9.17, 15) is 4.79 Å². The molecule has 0 bridgehead atoms. The summed E-state index contributed by atoms with van der Waals surface area (Å²) in [6, 6.07) is 4.04. The third-order valence-electron chi connectivity index (χ3n) is 2.33. The second kappa shape index (κ2) is 7.18. The quantitative estimate of drug-likeness (QED) is 0.412. The number of alkyl halides is 1. The van der Waals surface area contributed by atoms with Crippen LogP contribution in [0.3, 0.4) is 0 Å². The Morgan fingerprint density at radius 3 is 2.80 bits per heavy atom. The Morgan fingerprint density at radius 1 is 1.33 bits per heavy atom. The molecule has 0 saturated heterocycles. The molecule has 0 fully saturated rings. The molecule has 0 spiro atoms. The molecule has 0 amide bonds. The number of thiophene rings is 1. The van der Waals surface area contributed by atoms with E-state index < -0.39 is 0 Å². The number of carbonyl (C=O) groups excluding carboxylic acids is 1. The molecule has 3 heteroatoms. The maximum atomic E-state index is 11.4. The fourth-order valence-corrected chi connectivity index (χ4v) is 2.93. The summed E-state index contributed by atoms with van der Waals surface area (Å²) < 4.78 is 0. The molecule has 0 radical (unpaired) electrons. The summed E-state index contributed by atoms with van der Waals surface area (Å²) >= 11 is 4.84. The van der Waals surface area contributed by atoms with Gasteiger partial charge in [0.25, 0.3) is 0 Å². The van der Waals surface area contributed by atoms with Gasteiger partial charge in [0.2, 0.25) is 0 Å². The van der Waals surface area contributed by atoms with E-state index in [0.29, 0.717) is 5.33 Å². The number of aryl methyl sites for hydroxylation is 1. The van der Waals surface area contributed by atoms with Crippen LogP contribution in [0.1, 0.15) is 47.2 Å². The molecule has 0 N–H and O–H groups in total. The zero-order valence-electron chi connectivity index (χ0n) is 9.09. The summed E-state index contributed by atoms with van der Waals surface area (Å²) in [5.41, 5.74) is 0. The molecule has 15 heavy (non-hydrogen) atoms. The van der Waals surface area contributed by atoms with Gasteiger partial charge >= 0.3 is 0 Å². The molecule has 1 rings (SSSR count). The summed E-state index contributed by atoms with van der Waals surface area (Å²) in [4.78, 5) is 13.6. The van der Waals surface area contributed by atoms with Gasteiger partial charge in [0.1, 0.15) is 0 Å². The lowest BCUT2D eigenvalue weighted by molar-refractivity contribution is 0.102. The van der Waals surface area contributed by atoms with Crippen LogP contribution in [-0.4, -0.2) is 11.1 Å². The molecule has 0 atom stereocenters. The number of hydrogen-bond donors (Lipinski definition) is 0. The van der Waals surface area contributed by atoms with Crippen molar-refractivity contribution in [3.63, 3.8) is 0 Å². The van der Waals surface area contributed by atoms with Crippen LogP contribution in [0.2, 0.25) is 0 Å². The summed E-state index contributed by atoms with van der Waals surface area (Å²) in [6.07, 6.45) is 6.27. The molecule has 1 aromatic rings. The van der Waals surface area contributed by atoms with Crippen molar-refractivity contribution < 1.29 is 4.79 Å². The molecule has 0 saturated carbocycles. The Balaban J connectivity index is 2.36. The molecule has 1 nitrogen and oxygen atoms in total. The van der Waals surface area contributed by atoms with Crippen molar-refractivity contribution >= 4 is 33.0 Å². The van der Waals surface area contributed by atoms with Crippen molar-refractivity contribution in [1.82, 2.24) is 0 Å². The molecule has 1 heterocycles. The SMILES string of the molecule is CCCCCCc1ccc(C(=O)CBr)s1. The van der Waals surface area contributed by atoms with Gasteiger partial charge in [0.15, 0.2) is 5.78 Å². The summed E-state index contributed by atoms with van der Waals surface area (Å²) in [5.74, 6) is 0.194. The highest BCUT2D eigenvalue weighted by Crippen LogP contribution is 2.20. The zero-order chi connectivity index (χ0) is 11.1. The zero-order valence-corrected chi connectivity index (χ0v) is 11.5. The number of carbonyl (C=O) groups is 1. The monoisotopic (exact) mass is 288 g/mol. The Kier molecular flexibility index (Phi) is 6.18. The van der Waals surface area contributed by atoms with Crippen molar-refractivity contribution in [3.05, 3.63) is 21.9 Å². The first-order chi connectivity index (χ1) is 7.27. The molecular weight excluding hydrogens is 272 g/mol. The van der Waals surface area contributed by atoms with Gasteiger partial charge in [-0.05, 0) is 25.0 Å². The van der Waals surface area contributed by atoms with Crippen LogP contribution in [-0.2, 0) is 6.42 Å². The van der Waals surface area contributed by atoms with E-state index in [1.54, 1.807) is 11.3 Å². The third-order valence-corrected chi connectivity index (χ3v) is 4.03. The molecule has 0 aliphatic heterocycles. The molecule has 1 aromatic heterocycles. The fraction of sp³-hybridized carbons (Fsp3) is 0.583. The minimum Gasteiger partial charge on any atom is -0.292 e. The first kappa shape index (κ1) is 12.9. The first-order valence-electron chi connectivity index (χ1n) is 5.45. The number of halogens is 1. The number of unbranched alkanes of at least 4 members (excludes halogenated alkanes) is 3. The van der Waals surface area contributed by atoms with Crippen LogP contribution >= 0.6 is 27.3 Å². The predicted molar refractivity (Wildman–Crippen MR) is 70.3 cm³/mol. The molecule has 0 aromatic carbocycles. The lowest BCUT2D eigenvalue weighted by Crippen LogP contribution is -1.94. The average molecular weight is 289 g/mol. The lowest BCUT2D eigenvalue weighted by Gasteiger charge is -1.96. The van der Waals surface area contributed by atoms with Gasteiger partial charge in [-0.1, -0.05) is 42.1 Å². The third kappa shape index (κ3) is 4.47. The fourth-order valence-electron chi connectivity index (χ4n) is 1.45. The normalized spacial score (nSPS) is 10.5. The van der Waals surface area contributed by atoms with E-state index >= 15 is 0 Å². The number of rotatable bonds is 7. The lowest BCUT2D eigenvalue weighted by atomic mass is 10.1. The number of Topliss-reactive ketones (excluding diaryl/α,β-unsaturated/α-hetero) is 1. The predicted octanol–water partition coefficient (Wildman–Crippen LogP) is 4.45. The summed E-state index contributed by atoms with van der Waals surface area (Å²) in [7, 11) is 0. The highest BCUT2D eigenvalue weighted by molar-refractivity contribution is 9.09. The van der Waals surface area contributed by atoms with E-state index in [0.717, 1.165) is 11.3 Å². The summed E-state index contributed by atoms with van der Waals surface area (Å²) in [5, 5.41) is 0.433. The van der Waals surface area contributed by atoms with Gasteiger partial charge in [-0.25, -0.2) is 0 Å². The highest BCUT2D eigenvalue weighted by atomic mass is 79.9. The van der Waals surface area contributed by atoms with E-state index in [4.69, 9.17) is 0 Å². The Hall–Kier alpha value is -0.150. The van der Waals surface area contributed by atoms with Crippen LogP contribution in [0.4, 0.5) is 0 Å². The van der Waals surface area contributed by atoms with Crippen molar-refractivity contribution in [1.29, 1.82) is 0 Å². The Bertz CT molecular complexity index is 306. The average Bonchev–Trinajstić information content (AvgIpc) is 2.72. The van der Waals surface area contributed by atoms with Crippen LogP contribution in [0, 0.1) is 0 Å². The summed E-state index contributed by atoms with van der Waals surface area (Å²) in [6.45, 7) is 2.22. The van der Waals surface area contributed by atoms with Crippen LogP contribution < -0.4 is 0 Å². The molecular formula is C12H17BrOS. The van der Waals surface area contributed by atoms with Gasteiger partial charge < -0.3 is 0 Å². The van der Waals surface area contributed by atoms with Crippen LogP contribution in [0.25, 0.3) is 0 Å². The molecule has 0 unspecified atom stereocenters. The molecule has 84 valence electrons. The topological polar surface area (TPSA) is 17.1 Å². The number of ketones is 1. The number of hydrogen-bond acceptors (Lipinski definition) is 2. The van der Waals surface area contributed by atoms with Crippen molar-refractivity contribution in [2.45, 2.75) is 39.0 Å². The van der Waals surface area contributed by atoms with Gasteiger partial charge in [-0.3, -0.25) is 4.79 Å². The second-order valence-electron chi connectivity index (χ2n) is 3.63. The van der Waals surface area contributed by atoms with Gasteiger partial charge in [0, 0.05) is 4.88 Å². The smallest absolute Gasteiger partial charge is 0.183 e. The largest absolute Gasteiger partial charge is 0.292 e. The minimum atomic E-state index is 0.194. The highest BCUT2D eigenvalue weighted by Gasteiger charge is 2.07. The molecule has 0 aliphatic carbocycles. The van der Waals surface area contributed by atoms with Gasteiger partial charge in [-0.2, -0.15) is 0 Å². The van der Waals surface area contributed by atoms with Crippen LogP contribution in [0.15, 0.2) is 12.1 Å². The van der Waals surface area contributed by atoms with E-state index in [1.165, 1.54) is 30.6 Å². The minimum absolute atomic E-state index is 0.194. The van der Waals surface area contributed by atoms with Crippen molar-refractivity contribution in [3.8, 4) is 0 Å². The van der Waals surface area contributed by atoms with Crippen molar-refractivity contribution in [2.75, 3.05) is 5.33 Å². The van der Waals surface area contributed by atoms with Gasteiger partial charge in [0.05, 0.1) is 10.2 Å². The van der Waals surface area contributed by atoms with E-state index in [2.05, 4.69) is 28.9 Å². The maximum absolute atomic E-state index is 11.4. The van der Waals surface area contributed by atoms with Crippen LogP contribution in [0.5, 0.6) is 0 Å². The maximum Gasteiger partial charge on any atom is 0.183 e. The Labute approximate surface area is 104 Å². The first-order valence-corrected chi connectivity index (χ1v) is 7.39.